The van der Waals surface area contributed by atoms with Gasteiger partial charge in [0.05, 0.1) is 0 Å². The van der Waals surface area contributed by atoms with Crippen LogP contribution in [0.5, 0.6) is 0 Å². The van der Waals surface area contributed by atoms with Crippen molar-refractivity contribution in [1.29, 1.82) is 0 Å². The lowest BCUT2D eigenvalue weighted by Crippen LogP contribution is -1.78. The molecular weight excluding hydrogens is 144 g/mol. The number of rotatable bonds is 4. The van der Waals surface area contributed by atoms with Gasteiger partial charge in [0.15, 0.2) is 0 Å². The third-order valence-electron chi connectivity index (χ3n) is 1.47. The lowest BCUT2D eigenvalue weighted by molar-refractivity contribution is 1.54. The number of hydrogen-bond acceptors (Lipinski definition) is 0. The molecule has 0 heterocycles. The number of allylic oxidation sites excluding steroid dienone is 8. The van der Waals surface area contributed by atoms with Crippen LogP contribution in [0, 0.1) is 0 Å². The molecule has 0 spiro atoms. The second-order valence-electron chi connectivity index (χ2n) is 2.32. The van der Waals surface area contributed by atoms with Gasteiger partial charge in [-0.3, -0.25) is 0 Å². The Hall–Kier alpha value is -1.30. The van der Waals surface area contributed by atoms with Gasteiger partial charge in [-0.1, -0.05) is 49.6 Å². The van der Waals surface area contributed by atoms with E-state index in [1.165, 1.54) is 0 Å². The molecule has 0 amide bonds. The molecule has 0 aromatic carbocycles. The van der Waals surface area contributed by atoms with Gasteiger partial charge in [0, 0.05) is 0 Å². The Balaban J connectivity index is 4.98. The van der Waals surface area contributed by atoms with Crippen LogP contribution < -0.4 is 0 Å². The average molecular weight is 160 g/mol. The van der Waals surface area contributed by atoms with E-state index in [0.717, 1.165) is 11.1 Å². The third kappa shape index (κ3) is 3.20. The first-order chi connectivity index (χ1) is 5.79. The maximum Gasteiger partial charge on any atom is -0.0194 e. The van der Waals surface area contributed by atoms with Crippen LogP contribution >= 0.6 is 0 Å². The average Bonchev–Trinajstić information content (AvgIpc) is 2.11. The van der Waals surface area contributed by atoms with Crippen LogP contribution in [-0.2, 0) is 0 Å². The zero-order valence-corrected chi connectivity index (χ0v) is 7.88. The summed E-state index contributed by atoms with van der Waals surface area (Å²) < 4.78 is 0. The van der Waals surface area contributed by atoms with Gasteiger partial charge in [-0.15, -0.1) is 0 Å². The maximum atomic E-state index is 3.74. The van der Waals surface area contributed by atoms with E-state index in [4.69, 9.17) is 0 Å². The van der Waals surface area contributed by atoms with Crippen molar-refractivity contribution in [2.45, 2.75) is 13.8 Å². The Morgan fingerprint density at radius 2 is 1.17 bits per heavy atom. The Kier molecular flexibility index (Phi) is 5.72. The van der Waals surface area contributed by atoms with Crippen molar-refractivity contribution in [2.24, 2.45) is 0 Å². The van der Waals surface area contributed by atoms with E-state index >= 15 is 0 Å². The first-order valence-electron chi connectivity index (χ1n) is 4.04. The Morgan fingerprint density at radius 3 is 1.33 bits per heavy atom. The van der Waals surface area contributed by atoms with Crippen molar-refractivity contribution < 1.29 is 0 Å². The molecular formula is C12H16. The summed E-state index contributed by atoms with van der Waals surface area (Å²) in [6, 6.07) is 0. The molecule has 64 valence electrons. The highest BCUT2D eigenvalue weighted by Gasteiger charge is 1.90. The summed E-state index contributed by atoms with van der Waals surface area (Å²) in [5, 5.41) is 0. The lowest BCUT2D eigenvalue weighted by Gasteiger charge is -1.98. The predicted molar refractivity (Wildman–Crippen MR) is 57.0 cm³/mol. The summed E-state index contributed by atoms with van der Waals surface area (Å²) in [4.78, 5) is 0. The summed E-state index contributed by atoms with van der Waals surface area (Å²) in [5.74, 6) is 0. The fourth-order valence-electron chi connectivity index (χ4n) is 0.923. The van der Waals surface area contributed by atoms with Crippen LogP contribution in [-0.4, -0.2) is 0 Å². The van der Waals surface area contributed by atoms with Crippen LogP contribution in [0.2, 0.25) is 0 Å². The van der Waals surface area contributed by atoms with Gasteiger partial charge < -0.3 is 0 Å². The van der Waals surface area contributed by atoms with Crippen LogP contribution in [0.3, 0.4) is 0 Å². The fourth-order valence-corrected chi connectivity index (χ4v) is 0.923. The molecule has 0 aromatic heterocycles. The summed E-state index contributed by atoms with van der Waals surface area (Å²) >= 11 is 0. The van der Waals surface area contributed by atoms with Gasteiger partial charge >= 0.3 is 0 Å². The van der Waals surface area contributed by atoms with E-state index in [0.29, 0.717) is 0 Å². The van der Waals surface area contributed by atoms with Gasteiger partial charge in [-0.2, -0.15) is 0 Å². The highest BCUT2D eigenvalue weighted by Crippen LogP contribution is 2.10. The van der Waals surface area contributed by atoms with Gasteiger partial charge in [-0.05, 0) is 25.0 Å². The SMILES string of the molecule is C=CC(/C=C\C)=C(C=C)/C=C/C. The first-order valence-corrected chi connectivity index (χ1v) is 4.04. The monoisotopic (exact) mass is 160 g/mol. The molecule has 0 aromatic rings. The molecule has 0 aliphatic heterocycles. The van der Waals surface area contributed by atoms with Crippen LogP contribution in [0.15, 0.2) is 60.8 Å². The van der Waals surface area contributed by atoms with Crippen molar-refractivity contribution in [2.75, 3.05) is 0 Å². The molecule has 0 saturated carbocycles. The normalized spacial score (nSPS) is 13.5. The molecule has 0 aliphatic carbocycles. The first kappa shape index (κ1) is 10.7. The zero-order valence-electron chi connectivity index (χ0n) is 7.88. The second kappa shape index (κ2) is 6.41. The molecule has 0 rings (SSSR count). The smallest absolute Gasteiger partial charge is 0.0194 e. The largest absolute Gasteiger partial charge is 0.0984 e. The predicted octanol–water partition coefficient (Wildman–Crippen LogP) is 3.81. The topological polar surface area (TPSA) is 0 Å². The Morgan fingerprint density at radius 1 is 0.833 bits per heavy atom. The maximum absolute atomic E-state index is 3.74. The van der Waals surface area contributed by atoms with Crippen molar-refractivity contribution >= 4 is 0 Å². The van der Waals surface area contributed by atoms with Crippen molar-refractivity contribution in [3.8, 4) is 0 Å². The van der Waals surface area contributed by atoms with Crippen LogP contribution in [0.1, 0.15) is 13.8 Å². The van der Waals surface area contributed by atoms with E-state index in [9.17, 15) is 0 Å². The quantitative estimate of drug-likeness (QED) is 0.549. The summed E-state index contributed by atoms with van der Waals surface area (Å²) in [5.41, 5.74) is 2.20. The molecule has 0 bridgehead atoms. The minimum atomic E-state index is 1.10. The molecule has 0 N–H and O–H groups in total. The molecule has 0 saturated heterocycles. The third-order valence-corrected chi connectivity index (χ3v) is 1.47. The van der Waals surface area contributed by atoms with Crippen LogP contribution in [0.4, 0.5) is 0 Å². The summed E-state index contributed by atoms with van der Waals surface area (Å²) in [6.45, 7) is 11.5. The van der Waals surface area contributed by atoms with Gasteiger partial charge in [0.2, 0.25) is 0 Å². The van der Waals surface area contributed by atoms with E-state index in [2.05, 4.69) is 13.2 Å². The zero-order chi connectivity index (χ0) is 9.40. The van der Waals surface area contributed by atoms with Crippen molar-refractivity contribution in [3.05, 3.63) is 60.8 Å². The second-order valence-corrected chi connectivity index (χ2v) is 2.32. The molecule has 0 fully saturated rings. The van der Waals surface area contributed by atoms with E-state index in [-0.39, 0.29) is 0 Å². The fraction of sp³-hybridized carbons (Fsp3) is 0.167. The standard InChI is InChI=1S/C12H16/c1-5-9-11(7-3)12(8-4)10-6-2/h5-10H,3-4H2,1-2H3/b9-5-,10-6+,12-11-. The van der Waals surface area contributed by atoms with Gasteiger partial charge in [0.1, 0.15) is 0 Å². The minimum Gasteiger partial charge on any atom is -0.0984 e. The van der Waals surface area contributed by atoms with E-state index in [1.807, 2.05) is 50.3 Å². The molecule has 12 heavy (non-hydrogen) atoms. The van der Waals surface area contributed by atoms with Crippen molar-refractivity contribution in [1.82, 2.24) is 0 Å². The minimum absolute atomic E-state index is 1.10. The highest BCUT2D eigenvalue weighted by molar-refractivity contribution is 5.45. The highest BCUT2D eigenvalue weighted by atomic mass is 14.0. The number of hydrogen-bond donors (Lipinski definition) is 0. The molecule has 0 heteroatoms. The van der Waals surface area contributed by atoms with Crippen molar-refractivity contribution in [3.63, 3.8) is 0 Å². The molecule has 0 nitrogen and oxygen atoms in total. The van der Waals surface area contributed by atoms with Crippen LogP contribution in [0.25, 0.3) is 0 Å². The molecule has 0 aliphatic rings. The van der Waals surface area contributed by atoms with E-state index in [1.54, 1.807) is 0 Å². The Bertz CT molecular complexity index is 211. The van der Waals surface area contributed by atoms with Gasteiger partial charge in [0.25, 0.3) is 0 Å². The summed E-state index contributed by atoms with van der Waals surface area (Å²) in [6.07, 6.45) is 11.7. The van der Waals surface area contributed by atoms with Gasteiger partial charge in [-0.25, -0.2) is 0 Å². The molecule has 0 atom stereocenters. The van der Waals surface area contributed by atoms with E-state index < -0.39 is 0 Å². The lowest BCUT2D eigenvalue weighted by atomic mass is 10.1. The Labute approximate surface area is 75.3 Å². The molecule has 0 unspecified atom stereocenters. The summed E-state index contributed by atoms with van der Waals surface area (Å²) in [7, 11) is 0. The molecule has 0 radical (unpaired) electrons.